The first-order valence-electron chi connectivity index (χ1n) is 6.76. The molecule has 0 fully saturated rings. The molecular formula is C18H18N2O. The minimum absolute atomic E-state index is 0.0462. The second-order valence-electron chi connectivity index (χ2n) is 4.74. The van der Waals surface area contributed by atoms with Gasteiger partial charge in [-0.2, -0.15) is 0 Å². The van der Waals surface area contributed by atoms with E-state index in [1.54, 1.807) is 11.9 Å². The third-order valence-corrected chi connectivity index (χ3v) is 3.25. The molecule has 0 aromatic heterocycles. The van der Waals surface area contributed by atoms with Gasteiger partial charge < -0.3 is 10.6 Å². The SMILES string of the molecule is Cc1ccc(C#CCN)cc1C(=O)N(C)c1ccccc1. The molecule has 2 N–H and O–H groups in total. The van der Waals surface area contributed by atoms with Crippen molar-refractivity contribution in [3.63, 3.8) is 0 Å². The standard InChI is InChI=1S/C18H18N2O/c1-14-10-11-15(7-6-12-19)13-17(14)18(21)20(2)16-8-4-3-5-9-16/h3-5,8-11,13H,12,19H2,1-2H3. The van der Waals surface area contributed by atoms with Gasteiger partial charge in [0.25, 0.3) is 5.91 Å². The summed E-state index contributed by atoms with van der Waals surface area (Å²) in [5, 5.41) is 0. The Balaban J connectivity index is 2.34. The maximum Gasteiger partial charge on any atom is 0.258 e. The van der Waals surface area contributed by atoms with Crippen LogP contribution >= 0.6 is 0 Å². The summed E-state index contributed by atoms with van der Waals surface area (Å²) in [5.74, 6) is 5.72. The molecule has 0 saturated heterocycles. The van der Waals surface area contributed by atoms with Gasteiger partial charge in [-0.25, -0.2) is 0 Å². The second kappa shape index (κ2) is 6.74. The number of anilines is 1. The number of rotatable bonds is 2. The molecule has 0 aliphatic rings. The molecule has 0 bridgehead atoms. The summed E-state index contributed by atoms with van der Waals surface area (Å²) < 4.78 is 0. The zero-order valence-corrected chi connectivity index (χ0v) is 12.3. The number of benzene rings is 2. The molecule has 2 rings (SSSR count). The first-order chi connectivity index (χ1) is 10.1. The van der Waals surface area contributed by atoms with Crippen molar-refractivity contribution in [1.82, 2.24) is 0 Å². The lowest BCUT2D eigenvalue weighted by atomic mass is 10.0. The van der Waals surface area contributed by atoms with Gasteiger partial charge in [-0.05, 0) is 36.8 Å². The summed E-state index contributed by atoms with van der Waals surface area (Å²) in [7, 11) is 1.77. The van der Waals surface area contributed by atoms with E-state index in [0.717, 1.165) is 16.8 Å². The summed E-state index contributed by atoms with van der Waals surface area (Å²) in [5.41, 5.74) is 8.63. The van der Waals surface area contributed by atoms with E-state index < -0.39 is 0 Å². The summed E-state index contributed by atoms with van der Waals surface area (Å²) in [6.45, 7) is 2.23. The molecule has 2 aromatic rings. The van der Waals surface area contributed by atoms with Crippen molar-refractivity contribution in [2.24, 2.45) is 5.73 Å². The Labute approximate surface area is 125 Å². The quantitative estimate of drug-likeness (QED) is 0.858. The average molecular weight is 278 g/mol. The van der Waals surface area contributed by atoms with Crippen LogP contribution in [0.4, 0.5) is 5.69 Å². The minimum Gasteiger partial charge on any atom is -0.320 e. The molecule has 0 aliphatic carbocycles. The van der Waals surface area contributed by atoms with Crippen LogP contribution in [0.3, 0.4) is 0 Å². The third kappa shape index (κ3) is 3.50. The number of amides is 1. The van der Waals surface area contributed by atoms with Crippen LogP contribution in [0, 0.1) is 18.8 Å². The predicted molar refractivity (Wildman–Crippen MR) is 86.3 cm³/mol. The number of nitrogens with two attached hydrogens (primary N) is 1. The van der Waals surface area contributed by atoms with Crippen LogP contribution in [-0.2, 0) is 0 Å². The Kier molecular flexibility index (Phi) is 4.76. The Hall–Kier alpha value is -2.57. The van der Waals surface area contributed by atoms with Crippen molar-refractivity contribution in [3.8, 4) is 11.8 Å². The minimum atomic E-state index is -0.0462. The van der Waals surface area contributed by atoms with Gasteiger partial charge in [0.05, 0.1) is 6.54 Å². The number of hydrogen-bond donors (Lipinski definition) is 1. The number of carbonyl (C=O) groups excluding carboxylic acids is 1. The van der Waals surface area contributed by atoms with Crippen molar-refractivity contribution in [3.05, 3.63) is 65.2 Å². The van der Waals surface area contributed by atoms with Gasteiger partial charge in [-0.1, -0.05) is 36.1 Å². The van der Waals surface area contributed by atoms with Crippen molar-refractivity contribution in [2.45, 2.75) is 6.92 Å². The van der Waals surface area contributed by atoms with E-state index in [1.807, 2.05) is 55.5 Å². The Morgan fingerprint density at radius 2 is 1.90 bits per heavy atom. The molecule has 0 atom stereocenters. The number of carbonyl (C=O) groups is 1. The first kappa shape index (κ1) is 14.8. The normalized spacial score (nSPS) is 9.67. The van der Waals surface area contributed by atoms with Crippen molar-refractivity contribution in [2.75, 3.05) is 18.5 Å². The van der Waals surface area contributed by atoms with E-state index in [2.05, 4.69) is 11.8 Å². The topological polar surface area (TPSA) is 46.3 Å². The van der Waals surface area contributed by atoms with Gasteiger partial charge >= 0.3 is 0 Å². The zero-order chi connectivity index (χ0) is 15.2. The largest absolute Gasteiger partial charge is 0.320 e. The molecular weight excluding hydrogens is 260 g/mol. The lowest BCUT2D eigenvalue weighted by Gasteiger charge is -2.18. The molecule has 0 heterocycles. The maximum atomic E-state index is 12.6. The molecule has 3 nitrogen and oxygen atoms in total. The zero-order valence-electron chi connectivity index (χ0n) is 12.3. The van der Waals surface area contributed by atoms with Crippen LogP contribution < -0.4 is 10.6 Å². The van der Waals surface area contributed by atoms with Crippen molar-refractivity contribution >= 4 is 11.6 Å². The lowest BCUT2D eigenvalue weighted by molar-refractivity contribution is 0.0992. The fourth-order valence-electron chi connectivity index (χ4n) is 2.03. The number of aryl methyl sites for hydroxylation is 1. The Morgan fingerprint density at radius 3 is 2.57 bits per heavy atom. The second-order valence-corrected chi connectivity index (χ2v) is 4.74. The summed E-state index contributed by atoms with van der Waals surface area (Å²) in [6, 6.07) is 15.2. The highest BCUT2D eigenvalue weighted by atomic mass is 16.2. The highest BCUT2D eigenvalue weighted by Gasteiger charge is 2.15. The maximum absolute atomic E-state index is 12.6. The molecule has 21 heavy (non-hydrogen) atoms. The van der Waals surface area contributed by atoms with E-state index in [1.165, 1.54) is 0 Å². The number of hydrogen-bond acceptors (Lipinski definition) is 2. The molecule has 2 aromatic carbocycles. The van der Waals surface area contributed by atoms with E-state index in [0.29, 0.717) is 12.1 Å². The Bertz CT molecular complexity index is 696. The number of para-hydroxylation sites is 1. The molecule has 0 spiro atoms. The van der Waals surface area contributed by atoms with Crippen LogP contribution in [-0.4, -0.2) is 19.5 Å². The first-order valence-corrected chi connectivity index (χ1v) is 6.76. The van der Waals surface area contributed by atoms with E-state index in [-0.39, 0.29) is 5.91 Å². The van der Waals surface area contributed by atoms with Gasteiger partial charge in [0, 0.05) is 23.9 Å². The summed E-state index contributed by atoms with van der Waals surface area (Å²) in [4.78, 5) is 14.3. The number of nitrogens with zero attached hydrogens (tertiary/aromatic N) is 1. The fourth-order valence-corrected chi connectivity index (χ4v) is 2.03. The van der Waals surface area contributed by atoms with Crippen LogP contribution in [0.25, 0.3) is 0 Å². The molecule has 106 valence electrons. The molecule has 0 radical (unpaired) electrons. The van der Waals surface area contributed by atoms with Crippen molar-refractivity contribution in [1.29, 1.82) is 0 Å². The smallest absolute Gasteiger partial charge is 0.258 e. The van der Waals surface area contributed by atoms with Gasteiger partial charge in [0.2, 0.25) is 0 Å². The van der Waals surface area contributed by atoms with Gasteiger partial charge in [0.1, 0.15) is 0 Å². The van der Waals surface area contributed by atoms with E-state index in [9.17, 15) is 4.79 Å². The molecule has 0 aliphatic heterocycles. The summed E-state index contributed by atoms with van der Waals surface area (Å²) in [6.07, 6.45) is 0. The fraction of sp³-hybridized carbons (Fsp3) is 0.167. The van der Waals surface area contributed by atoms with Crippen molar-refractivity contribution < 1.29 is 4.79 Å². The van der Waals surface area contributed by atoms with Crippen LogP contribution in [0.2, 0.25) is 0 Å². The predicted octanol–water partition coefficient (Wildman–Crippen LogP) is 2.58. The highest BCUT2D eigenvalue weighted by molar-refractivity contribution is 6.06. The van der Waals surface area contributed by atoms with Gasteiger partial charge in [-0.3, -0.25) is 4.79 Å². The molecule has 3 heteroatoms. The van der Waals surface area contributed by atoms with E-state index in [4.69, 9.17) is 5.73 Å². The third-order valence-electron chi connectivity index (χ3n) is 3.25. The lowest BCUT2D eigenvalue weighted by Crippen LogP contribution is -2.26. The Morgan fingerprint density at radius 1 is 1.19 bits per heavy atom. The average Bonchev–Trinajstić information content (AvgIpc) is 2.53. The summed E-state index contributed by atoms with van der Waals surface area (Å²) >= 11 is 0. The highest BCUT2D eigenvalue weighted by Crippen LogP contribution is 2.18. The van der Waals surface area contributed by atoms with Gasteiger partial charge in [-0.15, -0.1) is 0 Å². The van der Waals surface area contributed by atoms with Crippen LogP contribution in [0.1, 0.15) is 21.5 Å². The van der Waals surface area contributed by atoms with Crippen LogP contribution in [0.5, 0.6) is 0 Å². The van der Waals surface area contributed by atoms with Crippen LogP contribution in [0.15, 0.2) is 48.5 Å². The molecule has 0 unspecified atom stereocenters. The van der Waals surface area contributed by atoms with E-state index >= 15 is 0 Å². The molecule has 0 saturated carbocycles. The van der Waals surface area contributed by atoms with Gasteiger partial charge in [0.15, 0.2) is 0 Å². The molecule has 1 amide bonds. The monoisotopic (exact) mass is 278 g/mol.